The highest BCUT2D eigenvalue weighted by molar-refractivity contribution is 5.18. The molecule has 13 heavy (non-hydrogen) atoms. The van der Waals surface area contributed by atoms with Gasteiger partial charge in [0.25, 0.3) is 0 Å². The van der Waals surface area contributed by atoms with Crippen molar-refractivity contribution in [2.75, 3.05) is 6.73 Å². The molecule has 0 amide bonds. The minimum Gasteiger partial charge on any atom is -0.387 e. The van der Waals surface area contributed by atoms with Crippen molar-refractivity contribution < 1.29 is 10.2 Å². The van der Waals surface area contributed by atoms with Crippen LogP contribution in [-0.4, -0.2) is 23.0 Å². The summed E-state index contributed by atoms with van der Waals surface area (Å²) < 4.78 is 0. The molecule has 0 aliphatic rings. The molecule has 3 heteroatoms. The number of aliphatic hydroxyl groups excluding tert-OH is 2. The van der Waals surface area contributed by atoms with E-state index in [1.807, 2.05) is 37.3 Å². The van der Waals surface area contributed by atoms with Crippen LogP contribution in [0.2, 0.25) is 0 Å². The van der Waals surface area contributed by atoms with Crippen LogP contribution < -0.4 is 5.32 Å². The fraction of sp³-hybridized carbons (Fsp3) is 0.400. The van der Waals surface area contributed by atoms with E-state index in [9.17, 15) is 5.11 Å². The topological polar surface area (TPSA) is 52.5 Å². The Hall–Kier alpha value is -0.900. The SMILES string of the molecule is C[C@@H](NCO)[C@@H](O)c1ccccc1. The van der Waals surface area contributed by atoms with Gasteiger partial charge in [-0.25, -0.2) is 0 Å². The van der Waals surface area contributed by atoms with Gasteiger partial charge in [-0.1, -0.05) is 30.3 Å². The third kappa shape index (κ3) is 2.81. The van der Waals surface area contributed by atoms with Crippen LogP contribution in [0.4, 0.5) is 0 Å². The molecule has 0 aliphatic heterocycles. The molecule has 1 rings (SSSR count). The summed E-state index contributed by atoms with van der Waals surface area (Å²) in [7, 11) is 0. The van der Waals surface area contributed by atoms with Crippen LogP contribution in [0.25, 0.3) is 0 Å². The van der Waals surface area contributed by atoms with Gasteiger partial charge in [0, 0.05) is 6.04 Å². The minimum atomic E-state index is -0.576. The van der Waals surface area contributed by atoms with Gasteiger partial charge >= 0.3 is 0 Å². The Labute approximate surface area is 78.0 Å². The number of nitrogens with one attached hydrogen (secondary N) is 1. The Balaban J connectivity index is 2.62. The Morgan fingerprint density at radius 2 is 1.92 bits per heavy atom. The van der Waals surface area contributed by atoms with Crippen molar-refractivity contribution in [3.05, 3.63) is 35.9 Å². The number of rotatable bonds is 4. The second kappa shape index (κ2) is 4.97. The third-order valence-electron chi connectivity index (χ3n) is 2.03. The van der Waals surface area contributed by atoms with Gasteiger partial charge < -0.3 is 10.2 Å². The van der Waals surface area contributed by atoms with E-state index in [0.29, 0.717) is 0 Å². The molecular formula is C10H15NO2. The Kier molecular flexibility index (Phi) is 3.89. The van der Waals surface area contributed by atoms with Crippen LogP contribution in [0.15, 0.2) is 30.3 Å². The highest BCUT2D eigenvalue weighted by Crippen LogP contribution is 2.15. The molecule has 1 aromatic rings. The lowest BCUT2D eigenvalue weighted by molar-refractivity contribution is 0.115. The molecule has 0 aliphatic carbocycles. The predicted molar refractivity (Wildman–Crippen MR) is 51.1 cm³/mol. The fourth-order valence-corrected chi connectivity index (χ4v) is 1.19. The molecule has 0 saturated heterocycles. The van der Waals surface area contributed by atoms with E-state index in [1.54, 1.807) is 0 Å². The Morgan fingerprint density at radius 3 is 2.46 bits per heavy atom. The molecule has 2 atom stereocenters. The van der Waals surface area contributed by atoms with Gasteiger partial charge in [0.05, 0.1) is 12.8 Å². The summed E-state index contributed by atoms with van der Waals surface area (Å²) in [6, 6.07) is 9.24. The summed E-state index contributed by atoms with van der Waals surface area (Å²) in [5.41, 5.74) is 0.857. The zero-order valence-corrected chi connectivity index (χ0v) is 7.64. The highest BCUT2D eigenvalue weighted by atomic mass is 16.3. The van der Waals surface area contributed by atoms with Crippen LogP contribution in [0.1, 0.15) is 18.6 Å². The van der Waals surface area contributed by atoms with Gasteiger partial charge in [0.15, 0.2) is 0 Å². The van der Waals surface area contributed by atoms with Crippen molar-refractivity contribution in [3.8, 4) is 0 Å². The molecule has 0 spiro atoms. The van der Waals surface area contributed by atoms with E-state index in [4.69, 9.17) is 5.11 Å². The van der Waals surface area contributed by atoms with Gasteiger partial charge in [0.1, 0.15) is 0 Å². The lowest BCUT2D eigenvalue weighted by Crippen LogP contribution is -2.32. The summed E-state index contributed by atoms with van der Waals surface area (Å²) in [4.78, 5) is 0. The van der Waals surface area contributed by atoms with Crippen LogP contribution in [-0.2, 0) is 0 Å². The normalized spacial score (nSPS) is 15.3. The average Bonchev–Trinajstić information content (AvgIpc) is 2.18. The van der Waals surface area contributed by atoms with E-state index in [-0.39, 0.29) is 12.8 Å². The quantitative estimate of drug-likeness (QED) is 0.598. The maximum atomic E-state index is 9.75. The maximum absolute atomic E-state index is 9.75. The fourth-order valence-electron chi connectivity index (χ4n) is 1.19. The first-order chi connectivity index (χ1) is 6.25. The molecule has 0 saturated carbocycles. The third-order valence-corrected chi connectivity index (χ3v) is 2.03. The Bertz CT molecular complexity index is 238. The van der Waals surface area contributed by atoms with Gasteiger partial charge in [-0.15, -0.1) is 0 Å². The van der Waals surface area contributed by atoms with Crippen molar-refractivity contribution in [1.82, 2.24) is 5.32 Å². The van der Waals surface area contributed by atoms with E-state index in [1.165, 1.54) is 0 Å². The Morgan fingerprint density at radius 1 is 1.31 bits per heavy atom. The van der Waals surface area contributed by atoms with Gasteiger partial charge in [0.2, 0.25) is 0 Å². The molecule has 72 valence electrons. The molecule has 0 bridgehead atoms. The van der Waals surface area contributed by atoms with Crippen molar-refractivity contribution >= 4 is 0 Å². The second-order valence-electron chi connectivity index (χ2n) is 3.01. The summed E-state index contributed by atoms with van der Waals surface area (Å²) in [5, 5.41) is 21.1. The molecule has 3 N–H and O–H groups in total. The van der Waals surface area contributed by atoms with Crippen LogP contribution in [0.5, 0.6) is 0 Å². The molecule has 0 radical (unpaired) electrons. The average molecular weight is 181 g/mol. The van der Waals surface area contributed by atoms with Crippen LogP contribution in [0, 0.1) is 0 Å². The van der Waals surface area contributed by atoms with Crippen molar-refractivity contribution in [2.24, 2.45) is 0 Å². The molecule has 0 heterocycles. The number of hydrogen-bond acceptors (Lipinski definition) is 3. The smallest absolute Gasteiger partial charge is 0.0941 e. The number of benzene rings is 1. The molecule has 0 aromatic heterocycles. The summed E-state index contributed by atoms with van der Waals surface area (Å²) >= 11 is 0. The zero-order chi connectivity index (χ0) is 9.68. The first-order valence-electron chi connectivity index (χ1n) is 4.33. The van der Waals surface area contributed by atoms with Crippen molar-refractivity contribution in [1.29, 1.82) is 0 Å². The predicted octanol–water partition coefficient (Wildman–Crippen LogP) is 0.648. The molecule has 0 unspecified atom stereocenters. The van der Waals surface area contributed by atoms with E-state index >= 15 is 0 Å². The van der Waals surface area contributed by atoms with E-state index in [0.717, 1.165) is 5.56 Å². The second-order valence-corrected chi connectivity index (χ2v) is 3.01. The number of hydrogen-bond donors (Lipinski definition) is 3. The van der Waals surface area contributed by atoms with E-state index in [2.05, 4.69) is 5.32 Å². The molecule has 3 nitrogen and oxygen atoms in total. The highest BCUT2D eigenvalue weighted by Gasteiger charge is 2.14. The molecule has 1 aromatic carbocycles. The standard InChI is InChI=1S/C10H15NO2/c1-8(11-7-12)10(13)9-5-3-2-4-6-9/h2-6,8,10-13H,7H2,1H3/t8-,10-/m1/s1. The van der Waals surface area contributed by atoms with Gasteiger partial charge in [-0.3, -0.25) is 5.32 Å². The summed E-state index contributed by atoms with van der Waals surface area (Å²) in [6.07, 6.45) is -0.576. The monoisotopic (exact) mass is 181 g/mol. The van der Waals surface area contributed by atoms with E-state index < -0.39 is 6.10 Å². The summed E-state index contributed by atoms with van der Waals surface area (Å²) in [5.74, 6) is 0. The maximum Gasteiger partial charge on any atom is 0.0941 e. The minimum absolute atomic E-state index is 0.120. The summed E-state index contributed by atoms with van der Waals surface area (Å²) in [6.45, 7) is 1.71. The molecule has 0 fully saturated rings. The van der Waals surface area contributed by atoms with Crippen LogP contribution >= 0.6 is 0 Å². The largest absolute Gasteiger partial charge is 0.387 e. The lowest BCUT2D eigenvalue weighted by Gasteiger charge is -2.19. The first kappa shape index (κ1) is 10.2. The van der Waals surface area contributed by atoms with Crippen molar-refractivity contribution in [3.63, 3.8) is 0 Å². The lowest BCUT2D eigenvalue weighted by atomic mass is 10.0. The zero-order valence-electron chi connectivity index (χ0n) is 7.64. The van der Waals surface area contributed by atoms with Crippen molar-refractivity contribution in [2.45, 2.75) is 19.1 Å². The van der Waals surface area contributed by atoms with Gasteiger partial charge in [-0.05, 0) is 12.5 Å². The van der Waals surface area contributed by atoms with Gasteiger partial charge in [-0.2, -0.15) is 0 Å². The number of aliphatic hydroxyl groups is 2. The first-order valence-corrected chi connectivity index (χ1v) is 4.33. The molecular weight excluding hydrogens is 166 g/mol. The van der Waals surface area contributed by atoms with Crippen LogP contribution in [0.3, 0.4) is 0 Å².